The highest BCUT2D eigenvalue weighted by molar-refractivity contribution is 9.08. The van der Waals surface area contributed by atoms with Crippen LogP contribution in [0.25, 0.3) is 0 Å². The predicted molar refractivity (Wildman–Crippen MR) is 70.4 cm³/mol. The highest BCUT2D eigenvalue weighted by Gasteiger charge is 2.16. The van der Waals surface area contributed by atoms with Crippen molar-refractivity contribution in [2.24, 2.45) is 0 Å². The predicted octanol–water partition coefficient (Wildman–Crippen LogP) is 3.30. The van der Waals surface area contributed by atoms with Crippen molar-refractivity contribution < 1.29 is 14.3 Å². The average molecular weight is 301 g/mol. The quantitative estimate of drug-likeness (QED) is 0.632. The fourth-order valence-corrected chi connectivity index (χ4v) is 1.56. The Bertz CT molecular complexity index is 365. The van der Waals surface area contributed by atoms with E-state index in [1.54, 1.807) is 0 Å². The van der Waals surface area contributed by atoms with Gasteiger partial charge in [0.05, 0.1) is 0 Å². The summed E-state index contributed by atoms with van der Waals surface area (Å²) < 4.78 is 10.5. The molecule has 0 saturated carbocycles. The Labute approximate surface area is 110 Å². The summed E-state index contributed by atoms with van der Waals surface area (Å²) in [6.07, 6.45) is 0. The van der Waals surface area contributed by atoms with E-state index in [-0.39, 0.29) is 12.6 Å². The minimum Gasteiger partial charge on any atom is -0.482 e. The van der Waals surface area contributed by atoms with Crippen LogP contribution in [0.15, 0.2) is 24.3 Å². The number of esters is 1. The van der Waals surface area contributed by atoms with Crippen LogP contribution in [0.2, 0.25) is 0 Å². The van der Waals surface area contributed by atoms with Crippen molar-refractivity contribution in [1.82, 2.24) is 0 Å². The molecule has 0 saturated heterocycles. The molecule has 0 aromatic heterocycles. The first-order chi connectivity index (χ1) is 7.90. The molecule has 0 fully saturated rings. The lowest BCUT2D eigenvalue weighted by Crippen LogP contribution is -2.27. The fourth-order valence-electron chi connectivity index (χ4n) is 1.19. The lowest BCUT2D eigenvalue weighted by atomic mass is 10.2. The number of ether oxygens (including phenoxy) is 2. The van der Waals surface area contributed by atoms with E-state index in [1.165, 1.54) is 0 Å². The zero-order chi connectivity index (χ0) is 12.9. The molecule has 0 aliphatic rings. The summed E-state index contributed by atoms with van der Waals surface area (Å²) in [6, 6.07) is 7.56. The Hall–Kier alpha value is -1.03. The van der Waals surface area contributed by atoms with Crippen LogP contribution in [0.4, 0.5) is 0 Å². The molecule has 0 atom stereocenters. The summed E-state index contributed by atoms with van der Waals surface area (Å²) in [6.45, 7) is 5.42. The number of benzene rings is 1. The SMILES string of the molecule is CC(C)(C)OC(=O)COc1ccc(CBr)cc1. The van der Waals surface area contributed by atoms with Gasteiger partial charge >= 0.3 is 5.97 Å². The third kappa shape index (κ3) is 5.73. The maximum absolute atomic E-state index is 11.4. The standard InChI is InChI=1S/C13H17BrO3/c1-13(2,3)17-12(15)9-16-11-6-4-10(8-14)5-7-11/h4-7H,8-9H2,1-3H3. The Kier molecular flexibility index (Phi) is 5.00. The number of hydrogen-bond donors (Lipinski definition) is 0. The molecule has 0 unspecified atom stereocenters. The van der Waals surface area contributed by atoms with Gasteiger partial charge in [0.25, 0.3) is 0 Å². The van der Waals surface area contributed by atoms with E-state index in [0.717, 1.165) is 10.9 Å². The Morgan fingerprint density at radius 1 is 1.24 bits per heavy atom. The van der Waals surface area contributed by atoms with Crippen LogP contribution in [0, 0.1) is 0 Å². The maximum Gasteiger partial charge on any atom is 0.344 e. The van der Waals surface area contributed by atoms with Crippen LogP contribution < -0.4 is 4.74 Å². The van der Waals surface area contributed by atoms with Crippen LogP contribution in [0.5, 0.6) is 5.75 Å². The molecule has 0 aliphatic heterocycles. The Balaban J connectivity index is 2.42. The second kappa shape index (κ2) is 6.05. The van der Waals surface area contributed by atoms with Crippen LogP contribution in [-0.4, -0.2) is 18.2 Å². The monoisotopic (exact) mass is 300 g/mol. The van der Waals surface area contributed by atoms with Crippen molar-refractivity contribution in [2.75, 3.05) is 6.61 Å². The molecule has 0 amide bonds. The van der Waals surface area contributed by atoms with E-state index >= 15 is 0 Å². The van der Waals surface area contributed by atoms with Crippen molar-refractivity contribution >= 4 is 21.9 Å². The molecule has 1 aromatic carbocycles. The number of alkyl halides is 1. The second-order valence-corrected chi connectivity index (χ2v) is 5.21. The first-order valence-corrected chi connectivity index (χ1v) is 6.52. The van der Waals surface area contributed by atoms with E-state index in [2.05, 4.69) is 15.9 Å². The molecule has 0 radical (unpaired) electrons. The molecule has 1 aromatic rings. The van der Waals surface area contributed by atoms with E-state index < -0.39 is 5.60 Å². The molecule has 94 valence electrons. The largest absolute Gasteiger partial charge is 0.482 e. The molecule has 4 heteroatoms. The second-order valence-electron chi connectivity index (χ2n) is 4.65. The van der Waals surface area contributed by atoms with Gasteiger partial charge in [-0.05, 0) is 38.5 Å². The molecule has 1 rings (SSSR count). The zero-order valence-corrected chi connectivity index (χ0v) is 11.9. The van der Waals surface area contributed by atoms with Crippen molar-refractivity contribution in [2.45, 2.75) is 31.7 Å². The first kappa shape index (κ1) is 14.0. The van der Waals surface area contributed by atoms with Gasteiger partial charge in [0.15, 0.2) is 6.61 Å². The minimum atomic E-state index is -0.472. The third-order valence-corrected chi connectivity index (χ3v) is 2.50. The summed E-state index contributed by atoms with van der Waals surface area (Å²) in [5, 5.41) is 0.805. The van der Waals surface area contributed by atoms with Crippen LogP contribution in [0.1, 0.15) is 26.3 Å². The average Bonchev–Trinajstić information content (AvgIpc) is 2.25. The summed E-state index contributed by atoms with van der Waals surface area (Å²) in [5.41, 5.74) is 0.690. The van der Waals surface area contributed by atoms with E-state index in [0.29, 0.717) is 5.75 Å². The van der Waals surface area contributed by atoms with Crippen LogP contribution in [0.3, 0.4) is 0 Å². The maximum atomic E-state index is 11.4. The molecule has 0 N–H and O–H groups in total. The summed E-state index contributed by atoms with van der Waals surface area (Å²) in [7, 11) is 0. The smallest absolute Gasteiger partial charge is 0.344 e. The number of carbonyl (C=O) groups is 1. The molecule has 17 heavy (non-hydrogen) atoms. The van der Waals surface area contributed by atoms with Crippen molar-refractivity contribution in [1.29, 1.82) is 0 Å². The Morgan fingerprint density at radius 3 is 2.29 bits per heavy atom. The Morgan fingerprint density at radius 2 is 1.82 bits per heavy atom. The summed E-state index contributed by atoms with van der Waals surface area (Å²) in [5.74, 6) is 0.308. The zero-order valence-electron chi connectivity index (χ0n) is 10.3. The molecule has 0 heterocycles. The minimum absolute atomic E-state index is 0.0646. The fraction of sp³-hybridized carbons (Fsp3) is 0.462. The highest BCUT2D eigenvalue weighted by Crippen LogP contribution is 2.14. The van der Waals surface area contributed by atoms with Crippen molar-refractivity contribution in [3.63, 3.8) is 0 Å². The number of halogens is 1. The first-order valence-electron chi connectivity index (χ1n) is 5.40. The normalized spacial score (nSPS) is 11.1. The lowest BCUT2D eigenvalue weighted by molar-refractivity contribution is -0.157. The molecule has 3 nitrogen and oxygen atoms in total. The number of hydrogen-bond acceptors (Lipinski definition) is 3. The summed E-state index contributed by atoms with van der Waals surface area (Å²) in [4.78, 5) is 11.4. The van der Waals surface area contributed by atoms with Gasteiger partial charge in [-0.1, -0.05) is 28.1 Å². The molecular weight excluding hydrogens is 284 g/mol. The highest BCUT2D eigenvalue weighted by atomic mass is 79.9. The van der Waals surface area contributed by atoms with E-state index in [4.69, 9.17) is 9.47 Å². The van der Waals surface area contributed by atoms with Gasteiger partial charge in [-0.2, -0.15) is 0 Å². The van der Waals surface area contributed by atoms with Crippen molar-refractivity contribution in [3.8, 4) is 5.75 Å². The molecule has 0 spiro atoms. The van der Waals surface area contributed by atoms with E-state index in [1.807, 2.05) is 45.0 Å². The van der Waals surface area contributed by atoms with Crippen LogP contribution in [-0.2, 0) is 14.9 Å². The van der Waals surface area contributed by atoms with Crippen molar-refractivity contribution in [3.05, 3.63) is 29.8 Å². The molecule has 0 bridgehead atoms. The van der Waals surface area contributed by atoms with Gasteiger partial charge in [0.2, 0.25) is 0 Å². The van der Waals surface area contributed by atoms with Gasteiger partial charge in [0.1, 0.15) is 11.4 Å². The van der Waals surface area contributed by atoms with Gasteiger partial charge < -0.3 is 9.47 Å². The van der Waals surface area contributed by atoms with Gasteiger partial charge in [0, 0.05) is 5.33 Å². The van der Waals surface area contributed by atoms with Gasteiger partial charge in [-0.3, -0.25) is 0 Å². The van der Waals surface area contributed by atoms with Gasteiger partial charge in [-0.25, -0.2) is 4.79 Å². The van der Waals surface area contributed by atoms with E-state index in [9.17, 15) is 4.79 Å². The summed E-state index contributed by atoms with van der Waals surface area (Å²) >= 11 is 3.36. The lowest BCUT2D eigenvalue weighted by Gasteiger charge is -2.19. The topological polar surface area (TPSA) is 35.5 Å². The van der Waals surface area contributed by atoms with Crippen LogP contribution >= 0.6 is 15.9 Å². The number of rotatable bonds is 4. The number of carbonyl (C=O) groups excluding carboxylic acids is 1. The molecule has 0 aliphatic carbocycles. The third-order valence-electron chi connectivity index (χ3n) is 1.85. The van der Waals surface area contributed by atoms with Gasteiger partial charge in [-0.15, -0.1) is 0 Å². The molecular formula is C13H17BrO3.